The molecule has 30 heavy (non-hydrogen) atoms. The average molecular weight is 417 g/mol. The summed E-state index contributed by atoms with van der Waals surface area (Å²) >= 11 is 0. The van der Waals surface area contributed by atoms with Crippen LogP contribution in [0.25, 0.3) is 11.5 Å². The van der Waals surface area contributed by atoms with Crippen molar-refractivity contribution in [2.75, 3.05) is 19.0 Å². The largest absolute Gasteiger partial charge is 0.497 e. The molecular weight excluding hydrogens is 394 g/mol. The van der Waals surface area contributed by atoms with Crippen molar-refractivity contribution in [3.63, 3.8) is 0 Å². The zero-order valence-corrected chi connectivity index (χ0v) is 16.2. The van der Waals surface area contributed by atoms with Gasteiger partial charge in [-0.25, -0.2) is 15.0 Å². The lowest BCUT2D eigenvalue weighted by atomic mass is 9.98. The Kier molecular flexibility index (Phi) is 5.79. The Balaban J connectivity index is 1.59. The fourth-order valence-corrected chi connectivity index (χ4v) is 3.45. The molecule has 3 aliphatic rings. The molecule has 1 saturated heterocycles. The van der Waals surface area contributed by atoms with Crippen LogP contribution in [0.1, 0.15) is 11.8 Å². The number of rotatable bonds is 6. The summed E-state index contributed by atoms with van der Waals surface area (Å²) in [6, 6.07) is 7.59. The van der Waals surface area contributed by atoms with E-state index in [9.17, 15) is 20.4 Å². The number of fused-ring (bicyclic) bond motifs is 1. The summed E-state index contributed by atoms with van der Waals surface area (Å²) < 4.78 is 12.2. The van der Waals surface area contributed by atoms with Crippen molar-refractivity contribution in [3.8, 4) is 17.3 Å². The smallest absolute Gasteiger partial charge is 0.167 e. The molecule has 1 fully saturated rings. The first-order chi connectivity index (χ1) is 14.5. The molecule has 5 N–H and O–H groups in total. The predicted molar refractivity (Wildman–Crippen MR) is 104 cm³/mol. The Morgan fingerprint density at radius 2 is 1.97 bits per heavy atom. The predicted octanol–water partition coefficient (Wildman–Crippen LogP) is -0.629. The number of nitrogens with one attached hydrogen (secondary N) is 1. The molecule has 3 heterocycles. The van der Waals surface area contributed by atoms with Crippen LogP contribution in [0.15, 0.2) is 36.9 Å². The monoisotopic (exact) mass is 417 g/mol. The minimum absolute atomic E-state index is 0.363. The molecule has 1 unspecified atom stereocenters. The van der Waals surface area contributed by atoms with Crippen LogP contribution in [0.4, 0.5) is 5.82 Å². The number of aliphatic hydroxyl groups is 4. The molecule has 1 aromatic rings. The SMILES string of the molecule is COc1cccc(CNc2ncn(C3O[C@H](CO)[C@@H](O)[C@H](O)[C@H]3O)c3ncnc2-3)c1. The number of methoxy groups -OCH3 is 1. The lowest BCUT2D eigenvalue weighted by molar-refractivity contribution is -0.251. The highest BCUT2D eigenvalue weighted by Crippen LogP contribution is 2.33. The van der Waals surface area contributed by atoms with Crippen LogP contribution < -0.4 is 10.1 Å². The van der Waals surface area contributed by atoms with E-state index in [4.69, 9.17) is 9.47 Å². The fraction of sp³-hybridized carbons (Fsp3) is 0.421. The van der Waals surface area contributed by atoms with E-state index in [-0.39, 0.29) is 0 Å². The van der Waals surface area contributed by atoms with E-state index in [1.807, 2.05) is 24.3 Å². The van der Waals surface area contributed by atoms with Crippen molar-refractivity contribution >= 4 is 5.82 Å². The number of ether oxygens (including phenoxy) is 2. The molecule has 0 amide bonds. The maximum absolute atomic E-state index is 10.4. The van der Waals surface area contributed by atoms with Crippen molar-refractivity contribution < 1.29 is 29.9 Å². The van der Waals surface area contributed by atoms with E-state index in [0.717, 1.165) is 11.3 Å². The van der Waals surface area contributed by atoms with Crippen molar-refractivity contribution in [3.05, 3.63) is 42.5 Å². The lowest BCUT2D eigenvalue weighted by Crippen LogP contribution is -2.56. The summed E-state index contributed by atoms with van der Waals surface area (Å²) in [5.74, 6) is 1.59. The molecule has 5 atom stereocenters. The second-order valence-corrected chi connectivity index (χ2v) is 6.97. The lowest BCUT2D eigenvalue weighted by Gasteiger charge is -2.41. The van der Waals surface area contributed by atoms with Crippen LogP contribution in [-0.4, -0.2) is 78.1 Å². The molecule has 1 aromatic carbocycles. The number of benzene rings is 1. The van der Waals surface area contributed by atoms with E-state index >= 15 is 0 Å². The van der Waals surface area contributed by atoms with E-state index in [1.54, 1.807) is 7.11 Å². The number of aromatic nitrogens is 4. The van der Waals surface area contributed by atoms with Crippen LogP contribution in [0.3, 0.4) is 0 Å². The minimum atomic E-state index is -1.50. The van der Waals surface area contributed by atoms with E-state index in [2.05, 4.69) is 20.3 Å². The molecule has 0 bridgehead atoms. The standard InChI is InChI=1S/C19H23N5O6/c1-29-11-4-2-3-10(5-11)6-20-17-13-18(22-8-21-13)24(9-23-17)19-16(28)15(27)14(26)12(7-25)30-19/h2-5,8-9,12,14-16,19-20,25-28H,6-7H2,1H3/t12-,14-,15+,16-,19?/m1/s1. The van der Waals surface area contributed by atoms with Crippen molar-refractivity contribution in [2.45, 2.75) is 37.2 Å². The third-order valence-electron chi connectivity index (χ3n) is 5.09. The number of nitrogens with zero attached hydrogens (tertiary/aromatic N) is 4. The minimum Gasteiger partial charge on any atom is -0.497 e. The first-order valence-electron chi connectivity index (χ1n) is 9.38. The average Bonchev–Trinajstić information content (AvgIpc) is 3.27. The molecule has 4 rings (SSSR count). The summed E-state index contributed by atoms with van der Waals surface area (Å²) in [6.45, 7) is -0.0539. The van der Waals surface area contributed by atoms with Gasteiger partial charge in [0, 0.05) is 6.54 Å². The molecule has 0 aromatic heterocycles. The first kappa shape index (κ1) is 20.4. The Hall–Kier alpha value is -2.83. The van der Waals surface area contributed by atoms with E-state index in [1.165, 1.54) is 17.2 Å². The molecule has 11 heteroatoms. The number of imidazole rings is 1. The zero-order valence-electron chi connectivity index (χ0n) is 16.2. The van der Waals surface area contributed by atoms with E-state index < -0.39 is 37.3 Å². The van der Waals surface area contributed by atoms with Gasteiger partial charge in [0.2, 0.25) is 0 Å². The third kappa shape index (κ3) is 3.68. The van der Waals surface area contributed by atoms with Crippen LogP contribution in [0.2, 0.25) is 0 Å². The van der Waals surface area contributed by atoms with Crippen molar-refractivity contribution in [1.29, 1.82) is 0 Å². The molecule has 160 valence electrons. The van der Waals surface area contributed by atoms with Gasteiger partial charge < -0.3 is 35.2 Å². The Bertz CT molecular complexity index is 966. The van der Waals surface area contributed by atoms with Gasteiger partial charge >= 0.3 is 0 Å². The topological polar surface area (TPSA) is 155 Å². The van der Waals surface area contributed by atoms with Gasteiger partial charge in [0.15, 0.2) is 23.6 Å². The van der Waals surface area contributed by atoms with Crippen LogP contribution in [0.5, 0.6) is 5.75 Å². The van der Waals surface area contributed by atoms with Gasteiger partial charge in [-0.05, 0) is 17.7 Å². The molecule has 3 aliphatic heterocycles. The maximum atomic E-state index is 10.4. The van der Waals surface area contributed by atoms with Crippen LogP contribution >= 0.6 is 0 Å². The van der Waals surface area contributed by atoms with E-state index in [0.29, 0.717) is 23.9 Å². The van der Waals surface area contributed by atoms with Gasteiger partial charge in [-0.2, -0.15) is 0 Å². The second-order valence-electron chi connectivity index (χ2n) is 6.97. The highest BCUT2D eigenvalue weighted by atomic mass is 16.6. The fourth-order valence-electron chi connectivity index (χ4n) is 3.45. The zero-order chi connectivity index (χ0) is 21.3. The van der Waals surface area contributed by atoms with Gasteiger partial charge in [0.1, 0.15) is 42.8 Å². The van der Waals surface area contributed by atoms with Crippen LogP contribution in [0, 0.1) is 0 Å². The molecule has 0 saturated carbocycles. The molecule has 0 spiro atoms. The molecule has 0 aliphatic carbocycles. The summed E-state index contributed by atoms with van der Waals surface area (Å²) in [5.41, 5.74) is 1.42. The molecular formula is C19H23N5O6. The van der Waals surface area contributed by atoms with Gasteiger partial charge in [0.25, 0.3) is 0 Å². The number of hydrogen-bond donors (Lipinski definition) is 5. The first-order valence-corrected chi connectivity index (χ1v) is 9.38. The summed E-state index contributed by atoms with van der Waals surface area (Å²) in [4.78, 5) is 12.8. The maximum Gasteiger partial charge on any atom is 0.167 e. The Morgan fingerprint density at radius 1 is 1.13 bits per heavy atom. The summed E-state index contributed by atoms with van der Waals surface area (Å²) in [7, 11) is 1.60. The normalized spacial score (nSPS) is 26.6. The Labute approximate surface area is 171 Å². The summed E-state index contributed by atoms with van der Waals surface area (Å²) in [6.07, 6.45) is -3.80. The van der Waals surface area contributed by atoms with Gasteiger partial charge in [-0.15, -0.1) is 0 Å². The van der Waals surface area contributed by atoms with Crippen molar-refractivity contribution in [2.24, 2.45) is 0 Å². The van der Waals surface area contributed by atoms with Crippen LogP contribution in [-0.2, 0) is 11.3 Å². The Morgan fingerprint density at radius 3 is 2.73 bits per heavy atom. The summed E-state index contributed by atoms with van der Waals surface area (Å²) in [5, 5.41) is 43.1. The molecule has 0 radical (unpaired) electrons. The van der Waals surface area contributed by atoms with Gasteiger partial charge in [-0.3, -0.25) is 4.57 Å². The number of aliphatic hydroxyl groups excluding tert-OH is 4. The third-order valence-corrected chi connectivity index (χ3v) is 5.09. The number of anilines is 1. The van der Waals surface area contributed by atoms with Gasteiger partial charge in [0.05, 0.1) is 13.7 Å². The molecule has 11 nitrogen and oxygen atoms in total. The number of hydrogen-bond acceptors (Lipinski definition) is 10. The van der Waals surface area contributed by atoms with Gasteiger partial charge in [-0.1, -0.05) is 12.1 Å². The second kappa shape index (κ2) is 8.50. The van der Waals surface area contributed by atoms with Crippen molar-refractivity contribution in [1.82, 2.24) is 19.5 Å². The highest BCUT2D eigenvalue weighted by molar-refractivity contribution is 5.67. The highest BCUT2D eigenvalue weighted by Gasteiger charge is 2.45. The quantitative estimate of drug-likeness (QED) is 0.350.